The Morgan fingerprint density at radius 1 is 0.286 bits per heavy atom. The van der Waals surface area contributed by atoms with Gasteiger partial charge in [0.15, 0.2) is 0 Å². The van der Waals surface area contributed by atoms with Crippen molar-refractivity contribution < 1.29 is 0 Å². The summed E-state index contributed by atoms with van der Waals surface area (Å²) < 4.78 is 0. The molecule has 8 bridgehead atoms. The summed E-state index contributed by atoms with van der Waals surface area (Å²) in [4.78, 5) is 14.5. The molecule has 10 rings (SSSR count). The number of H-pyrrole nitrogens is 1. The van der Waals surface area contributed by atoms with Crippen molar-refractivity contribution in [1.29, 1.82) is 0 Å². The number of hydrogen-bond acceptors (Lipinski definition) is 2. The Labute approximate surface area is 285 Å². The zero-order chi connectivity index (χ0) is 32.6. The van der Waals surface area contributed by atoms with Crippen LogP contribution in [0.1, 0.15) is 22.8 Å². The Kier molecular flexibility index (Phi) is 7.14. The number of rotatable bonds is 4. The molecule has 0 spiro atoms. The highest BCUT2D eigenvalue weighted by molar-refractivity contribution is 6.00. The van der Waals surface area contributed by atoms with Gasteiger partial charge in [-0.05, 0) is 69.5 Å². The summed E-state index contributed by atoms with van der Waals surface area (Å²) >= 11 is 0. The van der Waals surface area contributed by atoms with Gasteiger partial charge in [0.25, 0.3) is 0 Å². The predicted octanol–water partition coefficient (Wildman–Crippen LogP) is 12.0. The standard InChI is InChI=1S/C46H31N3/c1-5-13-31(14-6-1)43-35-21-23-36(24-22-35)44(32-15-7-2-8-16-32)38-26-28-40(48-38)46(34-19-11-4-12-20-34)42-30-29-41(49-42)45(33-17-9-3-10-18-33)39-27-25-37(43)47-39/h1-30,49H. The molecule has 3 aromatic heterocycles. The van der Waals surface area contributed by atoms with Crippen molar-refractivity contribution in [2.24, 2.45) is 0 Å². The second-order valence-electron chi connectivity index (χ2n) is 12.3. The van der Waals surface area contributed by atoms with Gasteiger partial charge in [-0.25, -0.2) is 9.97 Å². The molecule has 5 aromatic carbocycles. The molecule has 1 N–H and O–H groups in total. The molecule has 0 atom stereocenters. The molecular formula is C46H31N3. The van der Waals surface area contributed by atoms with Gasteiger partial charge in [0.1, 0.15) is 0 Å². The van der Waals surface area contributed by atoms with E-state index in [1.807, 2.05) is 0 Å². The first kappa shape index (κ1) is 28.6. The topological polar surface area (TPSA) is 41.6 Å². The second-order valence-corrected chi connectivity index (χ2v) is 12.3. The van der Waals surface area contributed by atoms with E-state index in [-0.39, 0.29) is 0 Å². The molecule has 8 aromatic rings. The monoisotopic (exact) mass is 625 g/mol. The average Bonchev–Trinajstić information content (AvgIpc) is 3.95. The number of nitrogens with one attached hydrogen (secondary N) is 1. The number of benzene rings is 5. The van der Waals surface area contributed by atoms with Gasteiger partial charge in [0.2, 0.25) is 0 Å². The van der Waals surface area contributed by atoms with Crippen LogP contribution in [0, 0.1) is 0 Å². The van der Waals surface area contributed by atoms with Crippen LogP contribution in [0.4, 0.5) is 0 Å². The third-order valence-corrected chi connectivity index (χ3v) is 9.24. The minimum Gasteiger partial charge on any atom is -0.354 e. The first-order chi connectivity index (χ1) is 24.3. The lowest BCUT2D eigenvalue weighted by Gasteiger charge is -2.08. The highest BCUT2D eigenvalue weighted by Gasteiger charge is 2.17. The van der Waals surface area contributed by atoms with Gasteiger partial charge in [-0.15, -0.1) is 0 Å². The maximum absolute atomic E-state index is 5.36. The zero-order valence-corrected chi connectivity index (χ0v) is 26.7. The minimum atomic E-state index is 0.915. The lowest BCUT2D eigenvalue weighted by atomic mass is 9.97. The van der Waals surface area contributed by atoms with Crippen LogP contribution in [0.3, 0.4) is 0 Å². The molecule has 49 heavy (non-hydrogen) atoms. The molecule has 3 heteroatoms. The summed E-state index contributed by atoms with van der Waals surface area (Å²) in [5, 5.41) is 2.21. The van der Waals surface area contributed by atoms with Gasteiger partial charge in [-0.2, -0.15) is 0 Å². The summed E-state index contributed by atoms with van der Waals surface area (Å²) in [6, 6.07) is 55.4. The smallest absolute Gasteiger partial charge is 0.0737 e. The van der Waals surface area contributed by atoms with E-state index >= 15 is 0 Å². The van der Waals surface area contributed by atoms with Crippen molar-refractivity contribution in [3.05, 3.63) is 181 Å². The quantitative estimate of drug-likeness (QED) is 0.211. The third-order valence-electron chi connectivity index (χ3n) is 9.24. The van der Waals surface area contributed by atoms with E-state index < -0.39 is 0 Å². The number of aromatic amines is 1. The van der Waals surface area contributed by atoms with Gasteiger partial charge in [0, 0.05) is 33.3 Å². The SMILES string of the molecule is C1=Cc2nc1c(-c1ccccc1)c1ccc(cc1)c(-c1ccccc1)c1nc(c(-c3ccccc3)c3ccc([nH]3)c2-c2ccccc2)C=C1. The Hall–Kier alpha value is -6.58. The molecule has 0 saturated heterocycles. The van der Waals surface area contributed by atoms with E-state index in [4.69, 9.17) is 9.97 Å². The van der Waals surface area contributed by atoms with Crippen LogP contribution in [0.15, 0.2) is 158 Å². The second kappa shape index (κ2) is 12.2. The largest absolute Gasteiger partial charge is 0.354 e. The lowest BCUT2D eigenvalue weighted by molar-refractivity contribution is 1.32. The molecule has 0 radical (unpaired) electrons. The van der Waals surface area contributed by atoms with E-state index in [1.165, 1.54) is 0 Å². The van der Waals surface area contributed by atoms with Crippen molar-refractivity contribution >= 4 is 46.1 Å². The molecule has 0 fully saturated rings. The number of aromatic nitrogens is 3. The first-order valence-electron chi connectivity index (χ1n) is 16.6. The predicted molar refractivity (Wildman–Crippen MR) is 206 cm³/mol. The number of hydrogen-bond donors (Lipinski definition) is 1. The highest BCUT2D eigenvalue weighted by Crippen LogP contribution is 2.38. The molecule has 230 valence electrons. The van der Waals surface area contributed by atoms with E-state index in [2.05, 4.69) is 187 Å². The lowest BCUT2D eigenvalue weighted by Crippen LogP contribution is -1.88. The van der Waals surface area contributed by atoms with Crippen LogP contribution in [-0.4, -0.2) is 15.0 Å². The zero-order valence-electron chi connectivity index (χ0n) is 26.7. The minimum absolute atomic E-state index is 0.915. The summed E-state index contributed by atoms with van der Waals surface area (Å²) in [7, 11) is 0. The highest BCUT2D eigenvalue weighted by atomic mass is 14.8. The Balaban J connectivity index is 1.48. The van der Waals surface area contributed by atoms with E-state index in [9.17, 15) is 0 Å². The van der Waals surface area contributed by atoms with Gasteiger partial charge in [-0.1, -0.05) is 146 Å². The maximum atomic E-state index is 5.36. The summed E-state index contributed by atoms with van der Waals surface area (Å²) in [6.45, 7) is 0. The molecule has 2 aliphatic heterocycles. The van der Waals surface area contributed by atoms with Crippen molar-refractivity contribution in [2.75, 3.05) is 0 Å². The van der Waals surface area contributed by atoms with Crippen molar-refractivity contribution in [3.63, 3.8) is 0 Å². The van der Waals surface area contributed by atoms with Crippen molar-refractivity contribution in [1.82, 2.24) is 15.0 Å². The molecule has 5 heterocycles. The molecule has 0 amide bonds. The van der Waals surface area contributed by atoms with Crippen molar-refractivity contribution in [3.8, 4) is 44.5 Å². The molecule has 0 saturated carbocycles. The first-order valence-corrected chi connectivity index (χ1v) is 16.6. The number of fused-ring (bicyclic) bond motifs is 2. The fourth-order valence-electron chi connectivity index (χ4n) is 7.00. The summed E-state index contributed by atoms with van der Waals surface area (Å²) in [6.07, 6.45) is 8.60. The third kappa shape index (κ3) is 5.28. The van der Waals surface area contributed by atoms with Crippen LogP contribution in [0.25, 0.3) is 90.6 Å². The summed E-state index contributed by atoms with van der Waals surface area (Å²) in [5.41, 5.74) is 14.4. The van der Waals surface area contributed by atoms with Crippen molar-refractivity contribution in [2.45, 2.75) is 0 Å². The molecular weight excluding hydrogens is 595 g/mol. The summed E-state index contributed by atoms with van der Waals surface area (Å²) in [5.74, 6) is 0. The average molecular weight is 626 g/mol. The van der Waals surface area contributed by atoms with E-state index in [1.54, 1.807) is 0 Å². The molecule has 0 unspecified atom stereocenters. The van der Waals surface area contributed by atoms with Gasteiger partial charge >= 0.3 is 0 Å². The van der Waals surface area contributed by atoms with Crippen LogP contribution in [-0.2, 0) is 0 Å². The van der Waals surface area contributed by atoms with Crippen LogP contribution in [0.2, 0.25) is 0 Å². The Morgan fingerprint density at radius 3 is 0.898 bits per heavy atom. The van der Waals surface area contributed by atoms with Crippen LogP contribution in [0.5, 0.6) is 0 Å². The Bertz CT molecular complexity index is 2360. The van der Waals surface area contributed by atoms with Crippen LogP contribution >= 0.6 is 0 Å². The number of nitrogens with zero attached hydrogens (tertiary/aromatic N) is 2. The molecule has 2 aliphatic rings. The molecule has 3 nitrogen and oxygen atoms in total. The van der Waals surface area contributed by atoms with Gasteiger partial charge < -0.3 is 4.98 Å². The van der Waals surface area contributed by atoms with Gasteiger partial charge in [-0.3, -0.25) is 0 Å². The van der Waals surface area contributed by atoms with E-state index in [0.29, 0.717) is 0 Å². The fraction of sp³-hybridized carbons (Fsp3) is 0. The van der Waals surface area contributed by atoms with E-state index in [0.717, 1.165) is 89.1 Å². The molecule has 0 aliphatic carbocycles. The van der Waals surface area contributed by atoms with Gasteiger partial charge in [0.05, 0.1) is 22.8 Å². The van der Waals surface area contributed by atoms with Crippen LogP contribution < -0.4 is 0 Å². The Morgan fingerprint density at radius 2 is 0.571 bits per heavy atom. The normalized spacial score (nSPS) is 11.9. The fourth-order valence-corrected chi connectivity index (χ4v) is 7.00. The maximum Gasteiger partial charge on any atom is 0.0737 e.